The van der Waals surface area contributed by atoms with Gasteiger partial charge >= 0.3 is 5.82 Å². The fourth-order valence-electron chi connectivity index (χ4n) is 1.79. The van der Waals surface area contributed by atoms with Crippen molar-refractivity contribution in [3.05, 3.63) is 18.2 Å². The van der Waals surface area contributed by atoms with E-state index in [9.17, 15) is 0 Å². The zero-order valence-electron chi connectivity index (χ0n) is 11.2. The number of oxime groups is 1. The predicted molar refractivity (Wildman–Crippen MR) is 70.0 cm³/mol. The molecular formula is C11H22Cl2N4O. The number of hydrogen-bond acceptors (Lipinski definition) is 3. The van der Waals surface area contributed by atoms with Crippen LogP contribution in [0.25, 0.3) is 0 Å². The van der Waals surface area contributed by atoms with Gasteiger partial charge in [-0.05, 0) is 20.5 Å². The molecule has 0 radical (unpaired) electrons. The Morgan fingerprint density at radius 3 is 2.61 bits per heavy atom. The molecule has 1 rings (SSSR count). The van der Waals surface area contributed by atoms with E-state index in [-0.39, 0.29) is 24.8 Å². The molecule has 1 atom stereocenters. The molecule has 18 heavy (non-hydrogen) atoms. The largest absolute Gasteiger partial charge is 1.00 e. The quantitative estimate of drug-likeness (QED) is 0.292. The SMILES string of the molecule is CCC(Cn1cc[n+](C)c1/C=N/O)N(C)C.Cl.[Cl-]. The minimum Gasteiger partial charge on any atom is -1.00 e. The first-order valence-electron chi connectivity index (χ1n) is 5.48. The third-order valence-electron chi connectivity index (χ3n) is 2.91. The second kappa shape index (κ2) is 9.19. The molecule has 5 nitrogen and oxygen atoms in total. The summed E-state index contributed by atoms with van der Waals surface area (Å²) in [6, 6.07) is 0.484. The Hall–Kier alpha value is -0.780. The lowest BCUT2D eigenvalue weighted by atomic mass is 10.2. The summed E-state index contributed by atoms with van der Waals surface area (Å²) in [7, 11) is 6.10. The molecule has 0 aromatic carbocycles. The lowest BCUT2D eigenvalue weighted by molar-refractivity contribution is -0.671. The molecule has 0 aliphatic rings. The summed E-state index contributed by atoms with van der Waals surface area (Å²) >= 11 is 0. The Bertz CT molecular complexity index is 366. The molecular weight excluding hydrogens is 275 g/mol. The van der Waals surface area contributed by atoms with Gasteiger partial charge in [-0.3, -0.25) is 0 Å². The van der Waals surface area contributed by atoms with Gasteiger partial charge in [-0.25, -0.2) is 9.13 Å². The van der Waals surface area contributed by atoms with E-state index in [1.807, 2.05) is 24.0 Å². The molecule has 1 aromatic rings. The maximum absolute atomic E-state index is 8.62. The van der Waals surface area contributed by atoms with Crippen molar-refractivity contribution in [2.24, 2.45) is 12.2 Å². The molecule has 0 aliphatic heterocycles. The molecule has 1 heterocycles. The van der Waals surface area contributed by atoms with Crippen LogP contribution in [0.2, 0.25) is 0 Å². The van der Waals surface area contributed by atoms with Crippen LogP contribution in [0, 0.1) is 0 Å². The molecule has 106 valence electrons. The minimum absolute atomic E-state index is 0. The summed E-state index contributed by atoms with van der Waals surface area (Å²) in [5, 5.41) is 11.7. The second-order valence-corrected chi connectivity index (χ2v) is 4.19. The monoisotopic (exact) mass is 296 g/mol. The van der Waals surface area contributed by atoms with E-state index in [1.165, 1.54) is 6.21 Å². The van der Waals surface area contributed by atoms with E-state index >= 15 is 0 Å². The fourth-order valence-corrected chi connectivity index (χ4v) is 1.79. The summed E-state index contributed by atoms with van der Waals surface area (Å²) in [6.07, 6.45) is 6.51. The normalized spacial score (nSPS) is 12.3. The average Bonchev–Trinajstić information content (AvgIpc) is 2.57. The van der Waals surface area contributed by atoms with Gasteiger partial charge in [0, 0.05) is 6.04 Å². The van der Waals surface area contributed by atoms with Gasteiger partial charge in [-0.15, -0.1) is 12.4 Å². The molecule has 1 unspecified atom stereocenters. The Morgan fingerprint density at radius 2 is 2.17 bits per heavy atom. The number of aromatic nitrogens is 2. The van der Waals surface area contributed by atoms with Gasteiger partial charge < -0.3 is 22.5 Å². The summed E-state index contributed by atoms with van der Waals surface area (Å²) in [5.74, 6) is 0.891. The first-order chi connectivity index (χ1) is 7.60. The van der Waals surface area contributed by atoms with Crippen LogP contribution in [0.4, 0.5) is 0 Å². The highest BCUT2D eigenvalue weighted by Gasteiger charge is 2.18. The van der Waals surface area contributed by atoms with Gasteiger partial charge in [-0.1, -0.05) is 12.1 Å². The lowest BCUT2D eigenvalue weighted by Gasteiger charge is -2.20. The molecule has 0 bridgehead atoms. The maximum Gasteiger partial charge on any atom is 0.303 e. The van der Waals surface area contributed by atoms with Crippen molar-refractivity contribution in [2.45, 2.75) is 25.9 Å². The van der Waals surface area contributed by atoms with E-state index in [4.69, 9.17) is 5.21 Å². The van der Waals surface area contributed by atoms with Crippen molar-refractivity contribution >= 4 is 18.6 Å². The third-order valence-corrected chi connectivity index (χ3v) is 2.91. The Labute approximate surface area is 121 Å². The van der Waals surface area contributed by atoms with Crippen LogP contribution in [0.1, 0.15) is 19.2 Å². The number of nitrogens with zero attached hydrogens (tertiary/aromatic N) is 4. The van der Waals surface area contributed by atoms with E-state index in [1.54, 1.807) is 0 Å². The number of aryl methyl sites for hydroxylation is 1. The Kier molecular flexibility index (Phi) is 9.99. The second-order valence-electron chi connectivity index (χ2n) is 4.19. The summed E-state index contributed by atoms with van der Waals surface area (Å²) in [4.78, 5) is 2.21. The smallest absolute Gasteiger partial charge is 0.303 e. The van der Waals surface area contributed by atoms with Gasteiger partial charge in [0.1, 0.15) is 18.9 Å². The highest BCUT2D eigenvalue weighted by Crippen LogP contribution is 2.04. The summed E-state index contributed by atoms with van der Waals surface area (Å²) < 4.78 is 4.02. The number of imidazole rings is 1. The molecule has 1 aromatic heterocycles. The minimum atomic E-state index is 0. The van der Waals surface area contributed by atoms with Crippen LogP contribution in [0.15, 0.2) is 17.5 Å². The summed E-state index contributed by atoms with van der Waals surface area (Å²) in [5.41, 5.74) is 0. The first-order valence-corrected chi connectivity index (χ1v) is 5.48. The molecule has 0 amide bonds. The molecule has 7 heteroatoms. The van der Waals surface area contributed by atoms with Crippen molar-refractivity contribution in [1.29, 1.82) is 0 Å². The van der Waals surface area contributed by atoms with Gasteiger partial charge in [0.05, 0.1) is 7.05 Å². The van der Waals surface area contributed by atoms with Crippen LogP contribution in [0.3, 0.4) is 0 Å². The van der Waals surface area contributed by atoms with Gasteiger partial charge in [0.25, 0.3) is 0 Å². The standard InChI is InChI=1S/C11H20N4O.2ClH/c1-5-10(13(2)3)9-15-7-6-14(4)11(15)8-12-16;;/h6-8,10H,5,9H2,1-4H3;2*1H. The third kappa shape index (κ3) is 4.84. The van der Waals surface area contributed by atoms with E-state index < -0.39 is 0 Å². The highest BCUT2D eigenvalue weighted by molar-refractivity contribution is 5.85. The molecule has 0 spiro atoms. The topological polar surface area (TPSA) is 44.6 Å². The van der Waals surface area contributed by atoms with E-state index in [0.29, 0.717) is 6.04 Å². The van der Waals surface area contributed by atoms with Crippen molar-refractivity contribution in [2.75, 3.05) is 14.1 Å². The number of halogens is 2. The van der Waals surface area contributed by atoms with Crippen LogP contribution in [-0.4, -0.2) is 41.0 Å². The van der Waals surface area contributed by atoms with Crippen LogP contribution in [0.5, 0.6) is 0 Å². The summed E-state index contributed by atoms with van der Waals surface area (Å²) in [6.45, 7) is 3.07. The first kappa shape index (κ1) is 19.6. The predicted octanol–water partition coefficient (Wildman–Crippen LogP) is -2.11. The Morgan fingerprint density at radius 1 is 1.56 bits per heavy atom. The maximum atomic E-state index is 8.62. The number of rotatable bonds is 5. The lowest BCUT2D eigenvalue weighted by Crippen LogP contribution is -3.00. The van der Waals surface area contributed by atoms with E-state index in [0.717, 1.165) is 18.8 Å². The van der Waals surface area contributed by atoms with Gasteiger partial charge in [0.15, 0.2) is 6.21 Å². The zero-order valence-corrected chi connectivity index (χ0v) is 12.8. The molecule has 0 saturated carbocycles. The van der Waals surface area contributed by atoms with Crippen molar-refractivity contribution in [1.82, 2.24) is 9.47 Å². The molecule has 0 saturated heterocycles. The zero-order chi connectivity index (χ0) is 12.1. The van der Waals surface area contributed by atoms with Crippen molar-refractivity contribution in [3.63, 3.8) is 0 Å². The fraction of sp³-hybridized carbons (Fsp3) is 0.636. The van der Waals surface area contributed by atoms with E-state index in [2.05, 4.69) is 35.6 Å². The van der Waals surface area contributed by atoms with Crippen LogP contribution < -0.4 is 17.0 Å². The van der Waals surface area contributed by atoms with Gasteiger partial charge in [-0.2, -0.15) is 0 Å². The number of likely N-dealkylation sites (N-methyl/N-ethyl adjacent to an activating group) is 1. The molecule has 0 fully saturated rings. The molecule has 0 aliphatic carbocycles. The highest BCUT2D eigenvalue weighted by atomic mass is 35.5. The Balaban J connectivity index is 0. The van der Waals surface area contributed by atoms with Crippen LogP contribution in [-0.2, 0) is 13.6 Å². The van der Waals surface area contributed by atoms with Crippen molar-refractivity contribution in [3.8, 4) is 0 Å². The van der Waals surface area contributed by atoms with Crippen molar-refractivity contribution < 1.29 is 22.2 Å². The molecule has 1 N–H and O–H groups in total. The van der Waals surface area contributed by atoms with Gasteiger partial charge in [0.2, 0.25) is 0 Å². The van der Waals surface area contributed by atoms with Crippen LogP contribution >= 0.6 is 12.4 Å². The number of hydrogen-bond donors (Lipinski definition) is 1. The average molecular weight is 297 g/mol.